The average Bonchev–Trinajstić information content (AvgIpc) is 3.50. The Bertz CT molecular complexity index is 1100. The van der Waals surface area contributed by atoms with Crippen LogP contribution in [0.4, 0.5) is 0 Å². The standard InChI is InChI=1S/C23H25N5O2/c1-29-15-16-9-11-28(13-16)14-23-25-21-7-6-19(12-22(21)26-23)30-18-4-2-17(3-5-18)20-8-10-24-27-20/h2-8,10,12,16H,9,11,13-15H2,1H3,(H,24,27)(H,25,26). The van der Waals surface area contributed by atoms with Gasteiger partial charge in [0.05, 0.1) is 29.9 Å². The van der Waals surface area contributed by atoms with Crippen molar-refractivity contribution in [2.24, 2.45) is 5.92 Å². The molecule has 0 amide bonds. The number of hydrogen-bond donors (Lipinski definition) is 2. The molecule has 154 valence electrons. The minimum atomic E-state index is 0.624. The average molecular weight is 403 g/mol. The Morgan fingerprint density at radius 2 is 1.97 bits per heavy atom. The van der Waals surface area contributed by atoms with Crippen molar-refractivity contribution in [2.45, 2.75) is 13.0 Å². The molecule has 7 nitrogen and oxygen atoms in total. The zero-order valence-corrected chi connectivity index (χ0v) is 17.0. The number of aromatic amines is 2. The van der Waals surface area contributed by atoms with E-state index in [0.717, 1.165) is 65.9 Å². The van der Waals surface area contributed by atoms with Gasteiger partial charge >= 0.3 is 0 Å². The van der Waals surface area contributed by atoms with E-state index in [1.54, 1.807) is 13.3 Å². The van der Waals surface area contributed by atoms with Crippen LogP contribution in [0, 0.1) is 5.92 Å². The van der Waals surface area contributed by atoms with E-state index in [2.05, 4.69) is 20.1 Å². The molecule has 1 aliphatic rings. The molecule has 1 atom stereocenters. The van der Waals surface area contributed by atoms with Gasteiger partial charge in [-0.1, -0.05) is 0 Å². The quantitative estimate of drug-likeness (QED) is 0.483. The number of fused-ring (bicyclic) bond motifs is 1. The molecule has 2 N–H and O–H groups in total. The predicted molar refractivity (Wildman–Crippen MR) is 115 cm³/mol. The van der Waals surface area contributed by atoms with E-state index in [1.165, 1.54) is 6.42 Å². The lowest BCUT2D eigenvalue weighted by molar-refractivity contribution is 0.152. The van der Waals surface area contributed by atoms with E-state index in [4.69, 9.17) is 14.5 Å². The summed E-state index contributed by atoms with van der Waals surface area (Å²) in [5.41, 5.74) is 4.01. The first kappa shape index (κ1) is 18.8. The lowest BCUT2D eigenvalue weighted by Crippen LogP contribution is -2.21. The van der Waals surface area contributed by atoms with Crippen LogP contribution in [0.2, 0.25) is 0 Å². The molecule has 0 radical (unpaired) electrons. The number of hydrogen-bond acceptors (Lipinski definition) is 5. The van der Waals surface area contributed by atoms with Crippen molar-refractivity contribution in [3.8, 4) is 22.8 Å². The molecule has 2 aromatic heterocycles. The summed E-state index contributed by atoms with van der Waals surface area (Å²) in [5.74, 6) is 3.19. The zero-order chi connectivity index (χ0) is 20.3. The van der Waals surface area contributed by atoms with Crippen molar-refractivity contribution in [3.05, 3.63) is 60.6 Å². The number of H-pyrrole nitrogens is 2. The molecule has 1 aliphatic heterocycles. The highest BCUT2D eigenvalue weighted by atomic mass is 16.5. The highest BCUT2D eigenvalue weighted by Gasteiger charge is 2.23. The highest BCUT2D eigenvalue weighted by molar-refractivity contribution is 5.77. The fraction of sp³-hybridized carbons (Fsp3) is 0.304. The first-order valence-corrected chi connectivity index (χ1v) is 10.2. The van der Waals surface area contributed by atoms with Crippen molar-refractivity contribution in [1.82, 2.24) is 25.1 Å². The molecule has 30 heavy (non-hydrogen) atoms. The second-order valence-corrected chi connectivity index (χ2v) is 7.80. The van der Waals surface area contributed by atoms with Gasteiger partial charge in [0.25, 0.3) is 0 Å². The molecule has 7 heteroatoms. The van der Waals surface area contributed by atoms with E-state index in [9.17, 15) is 0 Å². The maximum atomic E-state index is 6.04. The summed E-state index contributed by atoms with van der Waals surface area (Å²) in [5, 5.41) is 6.96. The van der Waals surface area contributed by atoms with Crippen LogP contribution in [0.15, 0.2) is 54.7 Å². The fourth-order valence-electron chi connectivity index (χ4n) is 4.08. The highest BCUT2D eigenvalue weighted by Crippen LogP contribution is 2.27. The number of nitrogens with zero attached hydrogens (tertiary/aromatic N) is 3. The second kappa shape index (κ2) is 8.30. The first-order valence-electron chi connectivity index (χ1n) is 10.2. The van der Waals surface area contributed by atoms with Crippen molar-refractivity contribution in [2.75, 3.05) is 26.8 Å². The number of ether oxygens (including phenoxy) is 2. The van der Waals surface area contributed by atoms with Crippen molar-refractivity contribution < 1.29 is 9.47 Å². The smallest absolute Gasteiger partial charge is 0.129 e. The summed E-state index contributed by atoms with van der Waals surface area (Å²) >= 11 is 0. The molecule has 5 rings (SSSR count). The number of nitrogens with one attached hydrogen (secondary N) is 2. The monoisotopic (exact) mass is 403 g/mol. The van der Waals surface area contributed by atoms with Gasteiger partial charge in [0.1, 0.15) is 17.3 Å². The topological polar surface area (TPSA) is 79.1 Å². The van der Waals surface area contributed by atoms with Crippen LogP contribution in [0.25, 0.3) is 22.3 Å². The number of benzene rings is 2. The Morgan fingerprint density at radius 1 is 1.10 bits per heavy atom. The van der Waals surface area contributed by atoms with E-state index in [-0.39, 0.29) is 0 Å². The van der Waals surface area contributed by atoms with E-state index in [0.29, 0.717) is 5.92 Å². The Kier molecular flexibility index (Phi) is 5.21. The molecule has 0 saturated carbocycles. The number of rotatable bonds is 7. The van der Waals surface area contributed by atoms with Crippen LogP contribution >= 0.6 is 0 Å². The van der Waals surface area contributed by atoms with Crippen LogP contribution in [0.3, 0.4) is 0 Å². The zero-order valence-electron chi connectivity index (χ0n) is 17.0. The van der Waals surface area contributed by atoms with E-state index < -0.39 is 0 Å². The lowest BCUT2D eigenvalue weighted by Gasteiger charge is -2.13. The Labute approximate surface area is 175 Å². The van der Waals surface area contributed by atoms with Crippen molar-refractivity contribution >= 4 is 11.0 Å². The predicted octanol–water partition coefficient (Wildman–Crippen LogP) is 4.21. The van der Waals surface area contributed by atoms with Crippen LogP contribution in [0.5, 0.6) is 11.5 Å². The van der Waals surface area contributed by atoms with E-state index in [1.807, 2.05) is 48.5 Å². The molecule has 3 heterocycles. The lowest BCUT2D eigenvalue weighted by atomic mass is 10.1. The van der Waals surface area contributed by atoms with Gasteiger partial charge in [-0.05, 0) is 66.9 Å². The van der Waals surface area contributed by atoms with Gasteiger partial charge in [-0.15, -0.1) is 0 Å². The Morgan fingerprint density at radius 3 is 2.77 bits per heavy atom. The van der Waals surface area contributed by atoms with Gasteiger partial charge in [-0.2, -0.15) is 5.10 Å². The summed E-state index contributed by atoms with van der Waals surface area (Å²) in [6.07, 6.45) is 2.93. The summed E-state index contributed by atoms with van der Waals surface area (Å²) in [6.45, 7) is 3.82. The van der Waals surface area contributed by atoms with Gasteiger partial charge in [0.2, 0.25) is 0 Å². The molecular weight excluding hydrogens is 378 g/mol. The summed E-state index contributed by atoms with van der Waals surface area (Å²) in [6, 6.07) is 15.9. The number of aromatic nitrogens is 4. The van der Waals surface area contributed by atoms with Gasteiger partial charge in [-0.3, -0.25) is 10.00 Å². The number of imidazole rings is 1. The van der Waals surface area contributed by atoms with Gasteiger partial charge in [0, 0.05) is 25.9 Å². The molecule has 2 aromatic carbocycles. The minimum Gasteiger partial charge on any atom is -0.457 e. The fourth-order valence-corrected chi connectivity index (χ4v) is 4.08. The maximum Gasteiger partial charge on any atom is 0.129 e. The molecule has 4 aromatic rings. The van der Waals surface area contributed by atoms with Gasteiger partial charge in [-0.25, -0.2) is 4.98 Å². The third-order valence-electron chi connectivity index (χ3n) is 5.55. The van der Waals surface area contributed by atoms with Gasteiger partial charge < -0.3 is 14.5 Å². The molecular formula is C23H25N5O2. The first-order chi connectivity index (χ1) is 14.8. The molecule has 0 aliphatic carbocycles. The minimum absolute atomic E-state index is 0.624. The van der Waals surface area contributed by atoms with Crippen LogP contribution < -0.4 is 4.74 Å². The van der Waals surface area contributed by atoms with Crippen molar-refractivity contribution in [3.63, 3.8) is 0 Å². The number of likely N-dealkylation sites (tertiary alicyclic amines) is 1. The largest absolute Gasteiger partial charge is 0.457 e. The van der Waals surface area contributed by atoms with Crippen molar-refractivity contribution in [1.29, 1.82) is 0 Å². The SMILES string of the molecule is COCC1CCN(Cc2nc3ccc(Oc4ccc(-c5ccn[nH]5)cc4)cc3[nH]2)C1. The Hall–Kier alpha value is -3.16. The molecule has 0 bridgehead atoms. The van der Waals surface area contributed by atoms with E-state index >= 15 is 0 Å². The third-order valence-corrected chi connectivity index (χ3v) is 5.55. The summed E-state index contributed by atoms with van der Waals surface area (Å²) in [4.78, 5) is 10.6. The molecule has 1 fully saturated rings. The molecule has 1 saturated heterocycles. The van der Waals surface area contributed by atoms with Gasteiger partial charge in [0.15, 0.2) is 0 Å². The third kappa shape index (κ3) is 4.08. The van der Waals surface area contributed by atoms with Crippen LogP contribution in [-0.4, -0.2) is 51.9 Å². The Balaban J connectivity index is 1.26. The summed E-state index contributed by atoms with van der Waals surface area (Å²) in [7, 11) is 1.77. The molecule has 0 spiro atoms. The number of methoxy groups -OCH3 is 1. The normalized spacial score (nSPS) is 17.0. The van der Waals surface area contributed by atoms with Crippen LogP contribution in [-0.2, 0) is 11.3 Å². The summed E-state index contributed by atoms with van der Waals surface area (Å²) < 4.78 is 11.3. The second-order valence-electron chi connectivity index (χ2n) is 7.80. The van der Waals surface area contributed by atoms with Crippen LogP contribution in [0.1, 0.15) is 12.2 Å². The molecule has 1 unspecified atom stereocenters. The maximum absolute atomic E-state index is 6.04.